The minimum Gasteiger partial charge on any atom is -0.347 e. The van der Waals surface area contributed by atoms with Crippen molar-refractivity contribution < 1.29 is 4.79 Å². The molecule has 1 saturated carbocycles. The van der Waals surface area contributed by atoms with Crippen LogP contribution in [0, 0.1) is 5.92 Å². The predicted molar refractivity (Wildman–Crippen MR) is 91.7 cm³/mol. The van der Waals surface area contributed by atoms with Crippen LogP contribution in [-0.2, 0) is 17.4 Å². The third-order valence-electron chi connectivity index (χ3n) is 4.36. The van der Waals surface area contributed by atoms with E-state index in [1.54, 1.807) is 16.8 Å². The Morgan fingerprint density at radius 3 is 2.70 bits per heavy atom. The van der Waals surface area contributed by atoms with Crippen molar-refractivity contribution in [2.24, 2.45) is 13.0 Å². The summed E-state index contributed by atoms with van der Waals surface area (Å²) >= 11 is 12.0. The minimum atomic E-state index is -0.507. The molecule has 0 saturated heterocycles. The van der Waals surface area contributed by atoms with E-state index in [1.165, 1.54) is 0 Å². The summed E-state index contributed by atoms with van der Waals surface area (Å²) in [6.07, 6.45) is 4.68. The number of nitrogens with zero attached hydrogens (tertiary/aromatic N) is 2. The van der Waals surface area contributed by atoms with Gasteiger partial charge >= 0.3 is 0 Å². The van der Waals surface area contributed by atoms with Gasteiger partial charge in [0.05, 0.1) is 21.8 Å². The van der Waals surface area contributed by atoms with Gasteiger partial charge in [-0.3, -0.25) is 9.48 Å². The molecule has 1 amide bonds. The highest BCUT2D eigenvalue weighted by molar-refractivity contribution is 6.42. The molecule has 1 aliphatic carbocycles. The smallest absolute Gasteiger partial charge is 0.224 e. The summed E-state index contributed by atoms with van der Waals surface area (Å²) in [4.78, 5) is 12.5. The van der Waals surface area contributed by atoms with Gasteiger partial charge in [0.2, 0.25) is 5.91 Å². The molecule has 2 atom stereocenters. The van der Waals surface area contributed by atoms with Gasteiger partial charge in [0.25, 0.3) is 0 Å². The predicted octanol–water partition coefficient (Wildman–Crippen LogP) is 3.88. The number of hydrogen-bond donors (Lipinski definition) is 1. The molecule has 6 heteroatoms. The van der Waals surface area contributed by atoms with Crippen molar-refractivity contribution in [3.05, 3.63) is 51.8 Å². The molecular weight excluding hydrogens is 333 g/mol. The lowest BCUT2D eigenvalue weighted by Crippen LogP contribution is -2.42. The Kier molecular flexibility index (Phi) is 4.15. The molecule has 0 spiro atoms. The fourth-order valence-electron chi connectivity index (χ4n) is 2.84. The highest BCUT2D eigenvalue weighted by atomic mass is 35.5. The van der Waals surface area contributed by atoms with Gasteiger partial charge in [0.1, 0.15) is 0 Å². The Labute approximate surface area is 145 Å². The first-order chi connectivity index (χ1) is 10.8. The van der Waals surface area contributed by atoms with Crippen LogP contribution in [0.15, 0.2) is 30.6 Å². The summed E-state index contributed by atoms with van der Waals surface area (Å²) < 4.78 is 1.77. The van der Waals surface area contributed by atoms with E-state index in [1.807, 2.05) is 39.4 Å². The van der Waals surface area contributed by atoms with Crippen molar-refractivity contribution in [1.29, 1.82) is 0 Å². The number of carbonyl (C=O) groups is 1. The van der Waals surface area contributed by atoms with Gasteiger partial charge in [-0.25, -0.2) is 0 Å². The summed E-state index contributed by atoms with van der Waals surface area (Å²) in [5, 5.41) is 8.29. The molecule has 1 N–H and O–H groups in total. The molecule has 4 nitrogen and oxygen atoms in total. The normalized spacial score (nSPS) is 20.4. The van der Waals surface area contributed by atoms with E-state index in [2.05, 4.69) is 10.4 Å². The summed E-state index contributed by atoms with van der Waals surface area (Å²) in [6.45, 7) is 3.93. The summed E-state index contributed by atoms with van der Waals surface area (Å²) in [6, 6.07) is 5.44. The number of halogens is 2. The monoisotopic (exact) mass is 351 g/mol. The van der Waals surface area contributed by atoms with Crippen molar-refractivity contribution in [2.45, 2.75) is 31.7 Å². The zero-order chi connectivity index (χ0) is 16.8. The van der Waals surface area contributed by atoms with E-state index in [-0.39, 0.29) is 17.7 Å². The first-order valence-corrected chi connectivity index (χ1v) is 8.29. The van der Waals surface area contributed by atoms with Gasteiger partial charge in [0, 0.05) is 19.2 Å². The van der Waals surface area contributed by atoms with Crippen LogP contribution in [0.2, 0.25) is 10.0 Å². The number of rotatable bonds is 4. The van der Waals surface area contributed by atoms with Crippen LogP contribution >= 0.6 is 23.2 Å². The summed E-state index contributed by atoms with van der Waals surface area (Å²) in [5.74, 6) is 0.351. The average Bonchev–Trinajstić information content (AvgIpc) is 3.17. The maximum Gasteiger partial charge on any atom is 0.224 e. The van der Waals surface area contributed by atoms with E-state index in [4.69, 9.17) is 23.2 Å². The Morgan fingerprint density at radius 1 is 1.35 bits per heavy atom. The van der Waals surface area contributed by atoms with Crippen molar-refractivity contribution in [3.8, 4) is 0 Å². The lowest BCUT2D eigenvalue weighted by molar-refractivity contribution is -0.124. The maximum atomic E-state index is 12.5. The third kappa shape index (κ3) is 3.38. The second-order valence-corrected chi connectivity index (χ2v) is 7.45. The van der Waals surface area contributed by atoms with E-state index in [9.17, 15) is 4.79 Å². The van der Waals surface area contributed by atoms with Crippen molar-refractivity contribution >= 4 is 29.1 Å². The fraction of sp³-hybridized carbons (Fsp3) is 0.412. The molecule has 0 aliphatic heterocycles. The average molecular weight is 352 g/mol. The van der Waals surface area contributed by atoms with Crippen LogP contribution in [-0.4, -0.2) is 15.7 Å². The molecule has 1 heterocycles. The summed E-state index contributed by atoms with van der Waals surface area (Å²) in [5.41, 5.74) is 1.55. The van der Waals surface area contributed by atoms with Gasteiger partial charge in [0.15, 0.2) is 0 Å². The Hall–Kier alpha value is -1.52. The van der Waals surface area contributed by atoms with Crippen LogP contribution in [0.5, 0.6) is 0 Å². The Bertz CT molecular complexity index is 754. The van der Waals surface area contributed by atoms with Crippen molar-refractivity contribution in [2.75, 3.05) is 0 Å². The quantitative estimate of drug-likeness (QED) is 0.908. The fourth-order valence-corrected chi connectivity index (χ4v) is 3.14. The van der Waals surface area contributed by atoms with Crippen LogP contribution in [0.25, 0.3) is 0 Å². The SMILES string of the molecule is Cn1cc(C2CC2C(=O)NC(C)(C)c2ccc(Cl)c(Cl)c2)cn1. The largest absolute Gasteiger partial charge is 0.347 e. The standard InChI is InChI=1S/C17H19Cl2N3O/c1-17(2,11-4-5-14(18)15(19)6-11)21-16(23)13-7-12(13)10-8-20-22(3)9-10/h4-6,8-9,12-13H,7H2,1-3H3,(H,21,23). The highest BCUT2D eigenvalue weighted by Gasteiger charge is 2.45. The number of amides is 1. The first kappa shape index (κ1) is 16.3. The van der Waals surface area contributed by atoms with Crippen molar-refractivity contribution in [1.82, 2.24) is 15.1 Å². The zero-order valence-electron chi connectivity index (χ0n) is 13.3. The molecule has 2 aromatic rings. The number of hydrogen-bond acceptors (Lipinski definition) is 2. The Morgan fingerprint density at radius 2 is 2.09 bits per heavy atom. The molecule has 1 fully saturated rings. The molecule has 1 aliphatic rings. The third-order valence-corrected chi connectivity index (χ3v) is 5.10. The minimum absolute atomic E-state index is 0.0150. The summed E-state index contributed by atoms with van der Waals surface area (Å²) in [7, 11) is 1.88. The van der Waals surface area contributed by atoms with Crippen molar-refractivity contribution in [3.63, 3.8) is 0 Å². The molecule has 2 unspecified atom stereocenters. The number of benzene rings is 1. The number of carbonyl (C=O) groups excluding carboxylic acids is 1. The zero-order valence-corrected chi connectivity index (χ0v) is 14.8. The second kappa shape index (κ2) is 5.84. The second-order valence-electron chi connectivity index (χ2n) is 6.64. The molecule has 0 radical (unpaired) electrons. The Balaban J connectivity index is 1.68. The lowest BCUT2D eigenvalue weighted by atomic mass is 9.94. The maximum absolute atomic E-state index is 12.5. The van der Waals surface area contributed by atoms with E-state index in [0.29, 0.717) is 10.0 Å². The van der Waals surface area contributed by atoms with Crippen LogP contribution in [0.1, 0.15) is 37.3 Å². The van der Waals surface area contributed by atoms with E-state index in [0.717, 1.165) is 17.5 Å². The number of aryl methyl sites for hydroxylation is 1. The van der Waals surface area contributed by atoms with E-state index < -0.39 is 5.54 Å². The molecule has 23 heavy (non-hydrogen) atoms. The van der Waals surface area contributed by atoms with Gasteiger partial charge in [-0.05, 0) is 49.4 Å². The molecule has 1 aromatic heterocycles. The molecule has 3 rings (SSSR count). The van der Waals surface area contributed by atoms with Crippen LogP contribution in [0.3, 0.4) is 0 Å². The highest BCUT2D eigenvalue weighted by Crippen LogP contribution is 2.47. The molecule has 122 valence electrons. The number of aromatic nitrogens is 2. The van der Waals surface area contributed by atoms with Crippen LogP contribution in [0.4, 0.5) is 0 Å². The first-order valence-electron chi connectivity index (χ1n) is 7.54. The van der Waals surface area contributed by atoms with Gasteiger partial charge in [-0.15, -0.1) is 0 Å². The van der Waals surface area contributed by atoms with Gasteiger partial charge < -0.3 is 5.32 Å². The number of nitrogens with one attached hydrogen (secondary N) is 1. The lowest BCUT2D eigenvalue weighted by Gasteiger charge is -2.27. The van der Waals surface area contributed by atoms with Gasteiger partial charge in [-0.1, -0.05) is 29.3 Å². The molecule has 1 aromatic carbocycles. The van der Waals surface area contributed by atoms with Gasteiger partial charge in [-0.2, -0.15) is 5.10 Å². The van der Waals surface area contributed by atoms with E-state index >= 15 is 0 Å². The topological polar surface area (TPSA) is 46.9 Å². The molecular formula is C17H19Cl2N3O. The molecule has 0 bridgehead atoms. The van der Waals surface area contributed by atoms with Crippen LogP contribution < -0.4 is 5.32 Å².